The lowest BCUT2D eigenvalue weighted by molar-refractivity contribution is 0.309. The lowest BCUT2D eigenvalue weighted by Crippen LogP contribution is -2.06. The Hall–Kier alpha value is -1.22. The van der Waals surface area contributed by atoms with Gasteiger partial charge in [0.25, 0.3) is 0 Å². The van der Waals surface area contributed by atoms with Gasteiger partial charge in [-0.1, -0.05) is 27.2 Å². The fourth-order valence-corrected chi connectivity index (χ4v) is 0.982. The highest BCUT2D eigenvalue weighted by atomic mass is 16.5. The fourth-order valence-electron chi connectivity index (χ4n) is 0.982. The summed E-state index contributed by atoms with van der Waals surface area (Å²) in [5, 5.41) is 0. The second kappa shape index (κ2) is 9.34. The molecule has 0 radical (unpaired) electrons. The molecule has 1 rings (SSSR count). The van der Waals surface area contributed by atoms with Gasteiger partial charge in [-0.3, -0.25) is 5.84 Å². The van der Waals surface area contributed by atoms with E-state index in [9.17, 15) is 0 Å². The third-order valence-electron chi connectivity index (χ3n) is 1.79. The molecule has 1 aromatic carbocycles. The van der Waals surface area contributed by atoms with Crippen LogP contribution in [0, 0.1) is 0 Å². The van der Waals surface area contributed by atoms with Crippen LogP contribution >= 0.6 is 0 Å². The lowest BCUT2D eigenvalue weighted by Gasteiger charge is -2.05. The van der Waals surface area contributed by atoms with E-state index in [4.69, 9.17) is 10.6 Å². The monoisotopic (exact) mass is 210 g/mol. The Morgan fingerprint density at radius 2 is 1.80 bits per heavy atom. The number of nitrogens with two attached hydrogens (primary N) is 1. The molecule has 15 heavy (non-hydrogen) atoms. The van der Waals surface area contributed by atoms with E-state index in [2.05, 4.69) is 12.3 Å². The van der Waals surface area contributed by atoms with Crippen LogP contribution in [-0.4, -0.2) is 6.61 Å². The van der Waals surface area contributed by atoms with Gasteiger partial charge in [-0.2, -0.15) is 0 Å². The molecule has 0 saturated carbocycles. The third kappa shape index (κ3) is 5.96. The summed E-state index contributed by atoms with van der Waals surface area (Å²) in [5.74, 6) is 6.13. The number of hydrogen-bond acceptors (Lipinski definition) is 3. The number of unbranched alkanes of at least 4 members (excludes halogenated alkanes) is 1. The van der Waals surface area contributed by atoms with Crippen LogP contribution in [0.4, 0.5) is 5.69 Å². The molecule has 1 aromatic rings. The smallest absolute Gasteiger partial charge is 0.119 e. The first-order valence-corrected chi connectivity index (χ1v) is 5.56. The largest absolute Gasteiger partial charge is 0.494 e. The average Bonchev–Trinajstić information content (AvgIpc) is 2.33. The summed E-state index contributed by atoms with van der Waals surface area (Å²) in [6.07, 6.45) is 2.25. The second-order valence-corrected chi connectivity index (χ2v) is 2.87. The third-order valence-corrected chi connectivity index (χ3v) is 1.79. The fraction of sp³-hybridized carbons (Fsp3) is 0.500. The molecule has 0 saturated heterocycles. The van der Waals surface area contributed by atoms with Gasteiger partial charge in [-0.05, 0) is 30.7 Å². The van der Waals surface area contributed by atoms with E-state index in [1.54, 1.807) is 0 Å². The van der Waals surface area contributed by atoms with Gasteiger partial charge in [0.15, 0.2) is 0 Å². The van der Waals surface area contributed by atoms with Crippen molar-refractivity contribution in [1.29, 1.82) is 0 Å². The molecule has 3 N–H and O–H groups in total. The van der Waals surface area contributed by atoms with Gasteiger partial charge in [0.2, 0.25) is 0 Å². The number of anilines is 1. The van der Waals surface area contributed by atoms with E-state index in [-0.39, 0.29) is 0 Å². The summed E-state index contributed by atoms with van der Waals surface area (Å²) in [7, 11) is 0. The quantitative estimate of drug-likeness (QED) is 0.446. The first-order valence-electron chi connectivity index (χ1n) is 5.56. The average molecular weight is 210 g/mol. The van der Waals surface area contributed by atoms with Crippen LogP contribution in [0.3, 0.4) is 0 Å². The summed E-state index contributed by atoms with van der Waals surface area (Å²) in [4.78, 5) is 0. The zero-order valence-corrected chi connectivity index (χ0v) is 9.92. The van der Waals surface area contributed by atoms with Crippen LogP contribution in [0.15, 0.2) is 24.3 Å². The van der Waals surface area contributed by atoms with Crippen molar-refractivity contribution in [2.24, 2.45) is 5.84 Å². The molecule has 0 aliphatic rings. The molecule has 0 amide bonds. The highest BCUT2D eigenvalue weighted by Gasteiger charge is 1.92. The highest BCUT2D eigenvalue weighted by molar-refractivity contribution is 5.44. The Morgan fingerprint density at radius 1 is 1.20 bits per heavy atom. The van der Waals surface area contributed by atoms with Crippen LogP contribution in [0.25, 0.3) is 0 Å². The van der Waals surface area contributed by atoms with Crippen molar-refractivity contribution < 1.29 is 4.74 Å². The van der Waals surface area contributed by atoms with Crippen LogP contribution in [0.2, 0.25) is 0 Å². The molecule has 0 fully saturated rings. The van der Waals surface area contributed by atoms with Gasteiger partial charge >= 0.3 is 0 Å². The first kappa shape index (κ1) is 13.8. The Kier molecular flexibility index (Phi) is 8.58. The minimum Gasteiger partial charge on any atom is -0.494 e. The molecule has 3 nitrogen and oxygen atoms in total. The van der Waals surface area contributed by atoms with Crippen molar-refractivity contribution in [3.63, 3.8) is 0 Å². The van der Waals surface area contributed by atoms with Crippen molar-refractivity contribution in [1.82, 2.24) is 0 Å². The Labute approximate surface area is 92.6 Å². The number of nitrogen functional groups attached to an aromatic ring is 1. The second-order valence-electron chi connectivity index (χ2n) is 2.87. The normalized spacial score (nSPS) is 8.80. The summed E-state index contributed by atoms with van der Waals surface area (Å²) in [6, 6.07) is 7.60. The predicted octanol–water partition coefficient (Wildman–Crippen LogP) is 3.18. The number of nitrogens with one attached hydrogen (secondary N) is 1. The molecule has 0 aromatic heterocycles. The van der Waals surface area contributed by atoms with Crippen molar-refractivity contribution in [3.8, 4) is 5.75 Å². The van der Waals surface area contributed by atoms with Gasteiger partial charge in [0, 0.05) is 5.69 Å². The van der Waals surface area contributed by atoms with Crippen molar-refractivity contribution in [2.75, 3.05) is 12.0 Å². The summed E-state index contributed by atoms with van der Waals surface area (Å²) in [6.45, 7) is 6.93. The highest BCUT2D eigenvalue weighted by Crippen LogP contribution is 2.14. The molecular weight excluding hydrogens is 188 g/mol. The van der Waals surface area contributed by atoms with Gasteiger partial charge in [0.05, 0.1) is 6.61 Å². The van der Waals surface area contributed by atoms with Crippen LogP contribution in [0.1, 0.15) is 33.6 Å². The maximum Gasteiger partial charge on any atom is 0.119 e. The molecule has 0 unspecified atom stereocenters. The first-order chi connectivity index (χ1) is 7.36. The zero-order valence-electron chi connectivity index (χ0n) is 9.92. The standard InChI is InChI=1S/C10H16N2O.C2H6/c1-2-3-8-13-10-6-4-9(12-11)5-7-10;1-2/h4-7,12H,2-3,8,11H2,1H3;1-2H3. The Morgan fingerprint density at radius 3 is 2.27 bits per heavy atom. The molecule has 0 atom stereocenters. The Balaban J connectivity index is 0.000000921. The number of hydrogen-bond donors (Lipinski definition) is 2. The minimum atomic E-state index is 0.784. The molecule has 0 spiro atoms. The molecule has 0 aliphatic carbocycles. The topological polar surface area (TPSA) is 47.3 Å². The van der Waals surface area contributed by atoms with Gasteiger partial charge in [-0.25, -0.2) is 0 Å². The number of hydrazine groups is 1. The predicted molar refractivity (Wildman–Crippen MR) is 66.0 cm³/mol. The van der Waals surface area contributed by atoms with E-state index in [0.717, 1.165) is 30.9 Å². The van der Waals surface area contributed by atoms with Gasteiger partial charge < -0.3 is 10.2 Å². The summed E-state index contributed by atoms with van der Waals surface area (Å²) < 4.78 is 5.48. The maximum absolute atomic E-state index is 5.48. The molecule has 0 aliphatic heterocycles. The van der Waals surface area contributed by atoms with Crippen molar-refractivity contribution in [2.45, 2.75) is 33.6 Å². The van der Waals surface area contributed by atoms with Crippen LogP contribution < -0.4 is 16.0 Å². The molecule has 3 heteroatoms. The van der Waals surface area contributed by atoms with Crippen molar-refractivity contribution in [3.05, 3.63) is 24.3 Å². The van der Waals surface area contributed by atoms with E-state index >= 15 is 0 Å². The van der Waals surface area contributed by atoms with Crippen molar-refractivity contribution >= 4 is 5.69 Å². The number of benzene rings is 1. The summed E-state index contributed by atoms with van der Waals surface area (Å²) in [5.41, 5.74) is 3.46. The zero-order chi connectivity index (χ0) is 11.5. The Bertz CT molecular complexity index is 234. The molecule has 0 bridgehead atoms. The maximum atomic E-state index is 5.48. The van der Waals surface area contributed by atoms with Crippen LogP contribution in [0.5, 0.6) is 5.75 Å². The SMILES string of the molecule is CC.CCCCOc1ccc(NN)cc1. The molecule has 0 heterocycles. The van der Waals surface area contributed by atoms with Gasteiger partial charge in [-0.15, -0.1) is 0 Å². The van der Waals surface area contributed by atoms with Crippen LogP contribution in [-0.2, 0) is 0 Å². The van der Waals surface area contributed by atoms with E-state index in [1.807, 2.05) is 38.1 Å². The van der Waals surface area contributed by atoms with E-state index in [1.165, 1.54) is 0 Å². The number of rotatable bonds is 5. The summed E-state index contributed by atoms with van der Waals surface area (Å²) >= 11 is 0. The number of ether oxygens (including phenoxy) is 1. The van der Waals surface area contributed by atoms with E-state index in [0.29, 0.717) is 0 Å². The van der Waals surface area contributed by atoms with Gasteiger partial charge in [0.1, 0.15) is 5.75 Å². The lowest BCUT2D eigenvalue weighted by atomic mass is 10.3. The molecular formula is C12H22N2O. The minimum absolute atomic E-state index is 0.784. The van der Waals surface area contributed by atoms with E-state index < -0.39 is 0 Å². The molecule has 86 valence electrons.